The van der Waals surface area contributed by atoms with Gasteiger partial charge >= 0.3 is 0 Å². The molecule has 0 spiro atoms. The van der Waals surface area contributed by atoms with Gasteiger partial charge in [-0.15, -0.1) is 0 Å². The van der Waals surface area contributed by atoms with Gasteiger partial charge in [-0.25, -0.2) is 9.07 Å². The fourth-order valence-electron chi connectivity index (χ4n) is 2.94. The maximum Gasteiger partial charge on any atom is 0.170 e. The number of hydrogen-bond acceptors (Lipinski definition) is 2. The van der Waals surface area contributed by atoms with Crippen LogP contribution in [0.3, 0.4) is 0 Å². The van der Waals surface area contributed by atoms with E-state index in [4.69, 9.17) is 0 Å². The second-order valence-electron chi connectivity index (χ2n) is 5.88. The molecule has 4 heteroatoms. The van der Waals surface area contributed by atoms with Gasteiger partial charge in [-0.1, -0.05) is 54.6 Å². The fourth-order valence-corrected chi connectivity index (χ4v) is 2.94. The molecule has 26 heavy (non-hydrogen) atoms. The summed E-state index contributed by atoms with van der Waals surface area (Å²) in [7, 11) is 0. The van der Waals surface area contributed by atoms with Crippen molar-refractivity contribution in [1.82, 2.24) is 9.78 Å². The zero-order chi connectivity index (χ0) is 17.9. The van der Waals surface area contributed by atoms with Gasteiger partial charge < -0.3 is 0 Å². The van der Waals surface area contributed by atoms with Crippen molar-refractivity contribution in [3.05, 3.63) is 96.4 Å². The maximum atomic E-state index is 14.2. The van der Waals surface area contributed by atoms with Crippen LogP contribution in [0, 0.1) is 5.82 Å². The molecule has 3 nitrogen and oxygen atoms in total. The second kappa shape index (κ2) is 6.76. The number of hydrogen-bond donors (Lipinski definition) is 0. The van der Waals surface area contributed by atoms with Crippen molar-refractivity contribution in [2.24, 2.45) is 0 Å². The molecule has 0 saturated carbocycles. The van der Waals surface area contributed by atoms with Crippen LogP contribution in [0.1, 0.15) is 10.5 Å². The van der Waals surface area contributed by atoms with E-state index in [9.17, 15) is 9.18 Å². The first-order chi connectivity index (χ1) is 12.8. The number of aldehydes is 1. The summed E-state index contributed by atoms with van der Waals surface area (Å²) in [5, 5.41) is 4.30. The van der Waals surface area contributed by atoms with Crippen molar-refractivity contribution in [2.75, 3.05) is 0 Å². The number of carbonyl (C=O) groups is 1. The Bertz CT molecular complexity index is 1050. The summed E-state index contributed by atoms with van der Waals surface area (Å²) in [4.78, 5) is 11.2. The molecule has 0 radical (unpaired) electrons. The second-order valence-corrected chi connectivity index (χ2v) is 5.88. The molecule has 0 amide bonds. The van der Waals surface area contributed by atoms with Crippen molar-refractivity contribution < 1.29 is 9.18 Å². The summed E-state index contributed by atoms with van der Waals surface area (Å²) in [6.07, 6.45) is 0.666. The number of rotatable bonds is 4. The van der Waals surface area contributed by atoms with Crippen LogP contribution in [0.4, 0.5) is 4.39 Å². The van der Waals surface area contributed by atoms with Crippen molar-refractivity contribution in [2.45, 2.75) is 0 Å². The smallest absolute Gasteiger partial charge is 0.170 e. The van der Waals surface area contributed by atoms with E-state index in [1.807, 2.05) is 54.6 Å². The lowest BCUT2D eigenvalue weighted by molar-refractivity contribution is 0.111. The highest BCUT2D eigenvalue weighted by molar-refractivity contribution is 5.76. The lowest BCUT2D eigenvalue weighted by Crippen LogP contribution is -2.00. The van der Waals surface area contributed by atoms with E-state index in [1.165, 1.54) is 6.07 Å². The summed E-state index contributed by atoms with van der Waals surface area (Å²) >= 11 is 0. The first-order valence-electron chi connectivity index (χ1n) is 8.22. The van der Waals surface area contributed by atoms with Gasteiger partial charge in [0.15, 0.2) is 6.29 Å². The fraction of sp³-hybridized carbons (Fsp3) is 0. The summed E-state index contributed by atoms with van der Waals surface area (Å²) < 4.78 is 15.8. The largest absolute Gasteiger partial charge is 0.296 e. The van der Waals surface area contributed by atoms with E-state index >= 15 is 0 Å². The first kappa shape index (κ1) is 16.0. The summed E-state index contributed by atoms with van der Waals surface area (Å²) in [5.74, 6) is -0.355. The molecular weight excluding hydrogens is 327 g/mol. The topological polar surface area (TPSA) is 34.9 Å². The van der Waals surface area contributed by atoms with Crippen LogP contribution in [0.5, 0.6) is 0 Å². The van der Waals surface area contributed by atoms with E-state index in [-0.39, 0.29) is 11.5 Å². The van der Waals surface area contributed by atoms with Crippen LogP contribution in [0.25, 0.3) is 28.1 Å². The lowest BCUT2D eigenvalue weighted by atomic mass is 10.1. The van der Waals surface area contributed by atoms with Gasteiger partial charge in [0.1, 0.15) is 11.5 Å². The third kappa shape index (κ3) is 2.93. The minimum Gasteiger partial charge on any atom is -0.296 e. The standard InChI is InChI=1S/C22H15FN2O/c23-21-9-5-4-8-20(21)22-14-18(15-26)24-25(22)19-12-10-17(11-13-19)16-6-2-1-3-7-16/h1-15H. The van der Waals surface area contributed by atoms with Crippen LogP contribution in [0.15, 0.2) is 84.9 Å². The Kier molecular flexibility index (Phi) is 4.15. The third-order valence-corrected chi connectivity index (χ3v) is 4.22. The van der Waals surface area contributed by atoms with E-state index < -0.39 is 0 Å². The monoisotopic (exact) mass is 342 g/mol. The Morgan fingerprint density at radius 3 is 2.15 bits per heavy atom. The van der Waals surface area contributed by atoms with Gasteiger partial charge in [-0.2, -0.15) is 5.10 Å². The van der Waals surface area contributed by atoms with Gasteiger partial charge in [0.05, 0.1) is 11.4 Å². The molecule has 1 aromatic heterocycles. The zero-order valence-electron chi connectivity index (χ0n) is 13.8. The lowest BCUT2D eigenvalue weighted by Gasteiger charge is -2.09. The highest BCUT2D eigenvalue weighted by Gasteiger charge is 2.14. The predicted octanol–water partition coefficient (Wildman–Crippen LogP) is 5.16. The van der Waals surface area contributed by atoms with Crippen molar-refractivity contribution in [3.8, 4) is 28.1 Å². The van der Waals surface area contributed by atoms with Crippen molar-refractivity contribution in [1.29, 1.82) is 0 Å². The molecule has 0 aliphatic heterocycles. The molecule has 3 aromatic carbocycles. The molecule has 0 fully saturated rings. The van der Waals surface area contributed by atoms with Crippen LogP contribution in [0.2, 0.25) is 0 Å². The molecule has 1 heterocycles. The van der Waals surface area contributed by atoms with E-state index in [0.717, 1.165) is 16.8 Å². The molecule has 0 unspecified atom stereocenters. The average Bonchev–Trinajstić information content (AvgIpc) is 3.13. The van der Waals surface area contributed by atoms with E-state index in [1.54, 1.807) is 28.9 Å². The Morgan fingerprint density at radius 1 is 0.808 bits per heavy atom. The Labute approximate surface area is 150 Å². The van der Waals surface area contributed by atoms with Gasteiger partial charge in [-0.05, 0) is 41.5 Å². The quantitative estimate of drug-likeness (QED) is 0.480. The van der Waals surface area contributed by atoms with E-state index in [2.05, 4.69) is 5.10 Å². The molecule has 126 valence electrons. The predicted molar refractivity (Wildman–Crippen MR) is 99.8 cm³/mol. The third-order valence-electron chi connectivity index (χ3n) is 4.22. The number of benzene rings is 3. The van der Waals surface area contributed by atoms with Gasteiger partial charge in [0.2, 0.25) is 0 Å². The summed E-state index contributed by atoms with van der Waals surface area (Å²) in [5.41, 5.74) is 4.15. The SMILES string of the molecule is O=Cc1cc(-c2ccccc2F)n(-c2ccc(-c3ccccc3)cc2)n1. The molecule has 0 N–H and O–H groups in total. The molecule has 4 aromatic rings. The molecule has 0 aliphatic rings. The summed E-state index contributed by atoms with van der Waals surface area (Å²) in [6.45, 7) is 0. The number of halogens is 1. The minimum absolute atomic E-state index is 0.260. The van der Waals surface area contributed by atoms with Gasteiger partial charge in [-0.3, -0.25) is 4.79 Å². The number of nitrogens with zero attached hydrogens (tertiary/aromatic N) is 2. The van der Waals surface area contributed by atoms with Crippen LogP contribution in [-0.4, -0.2) is 16.1 Å². The average molecular weight is 342 g/mol. The molecule has 0 saturated heterocycles. The Balaban J connectivity index is 1.80. The molecular formula is C22H15FN2O. The van der Waals surface area contributed by atoms with Crippen LogP contribution < -0.4 is 0 Å². The van der Waals surface area contributed by atoms with Crippen LogP contribution >= 0.6 is 0 Å². The number of carbonyl (C=O) groups excluding carboxylic acids is 1. The first-order valence-corrected chi connectivity index (χ1v) is 8.22. The Morgan fingerprint density at radius 2 is 1.46 bits per heavy atom. The molecule has 0 atom stereocenters. The number of aromatic nitrogens is 2. The molecule has 0 bridgehead atoms. The van der Waals surface area contributed by atoms with E-state index in [0.29, 0.717) is 17.5 Å². The minimum atomic E-state index is -0.355. The molecule has 0 aliphatic carbocycles. The van der Waals surface area contributed by atoms with Gasteiger partial charge in [0.25, 0.3) is 0 Å². The highest BCUT2D eigenvalue weighted by atomic mass is 19.1. The Hall–Kier alpha value is -3.53. The van der Waals surface area contributed by atoms with Crippen molar-refractivity contribution >= 4 is 6.29 Å². The summed E-state index contributed by atoms with van der Waals surface area (Å²) in [6, 6.07) is 25.9. The zero-order valence-corrected chi connectivity index (χ0v) is 13.8. The maximum absolute atomic E-state index is 14.2. The highest BCUT2D eigenvalue weighted by Crippen LogP contribution is 2.27. The van der Waals surface area contributed by atoms with Crippen molar-refractivity contribution in [3.63, 3.8) is 0 Å². The molecule has 4 rings (SSSR count). The van der Waals surface area contributed by atoms with Gasteiger partial charge in [0, 0.05) is 5.56 Å². The normalized spacial score (nSPS) is 10.7. The van der Waals surface area contributed by atoms with Crippen LogP contribution in [-0.2, 0) is 0 Å².